The quantitative estimate of drug-likeness (QED) is 0.219. The predicted molar refractivity (Wildman–Crippen MR) is 308 cm³/mol. The zero-order valence-corrected chi connectivity index (χ0v) is 48.7. The van der Waals surface area contributed by atoms with E-state index in [9.17, 15) is 24.0 Å². The number of carbonyl (C=O) groups is 5. The van der Waals surface area contributed by atoms with E-state index >= 15 is 0 Å². The summed E-state index contributed by atoms with van der Waals surface area (Å²) in [6.07, 6.45) is 3.20. The molecular formula is C49H76N10O7S6. The van der Waals surface area contributed by atoms with E-state index in [2.05, 4.69) is 60.3 Å². The van der Waals surface area contributed by atoms with Crippen LogP contribution in [0.4, 0.5) is 4.79 Å². The summed E-state index contributed by atoms with van der Waals surface area (Å²) in [4.78, 5) is 87.0. The third-order valence-corrected chi connectivity index (χ3v) is 14.6. The van der Waals surface area contributed by atoms with E-state index < -0.39 is 41.3 Å². The highest BCUT2D eigenvalue weighted by molar-refractivity contribution is 7.60. The molecule has 0 aliphatic carbocycles. The molecule has 4 aliphatic rings. The molecule has 0 unspecified atom stereocenters. The van der Waals surface area contributed by atoms with Crippen LogP contribution in [0.3, 0.4) is 0 Å². The Balaban J connectivity index is 0.00000274. The summed E-state index contributed by atoms with van der Waals surface area (Å²) < 4.78 is 14.3. The first-order valence-electron chi connectivity index (χ1n) is 23.6. The third kappa shape index (κ3) is 13.0. The number of piperazine rings is 2. The molecule has 6 bridgehead atoms. The van der Waals surface area contributed by atoms with Crippen molar-refractivity contribution in [3.8, 4) is 22.5 Å². The maximum absolute atomic E-state index is 14.7. The number of carbonyl (C=O) groups excluding carboxylic acids is 5. The maximum Gasteiger partial charge on any atom is 0.324 e. The number of urea groups is 1. The summed E-state index contributed by atoms with van der Waals surface area (Å²) in [6.45, 7) is 15.4. The van der Waals surface area contributed by atoms with Gasteiger partial charge in [-0.05, 0) is 75.9 Å². The molecule has 5 amide bonds. The summed E-state index contributed by atoms with van der Waals surface area (Å²) in [5.74, 6) is -1.61. The minimum atomic E-state index is -1.08. The van der Waals surface area contributed by atoms with Crippen LogP contribution in [0.2, 0.25) is 0 Å². The lowest BCUT2D eigenvalue weighted by Crippen LogP contribution is -2.66. The molecule has 5 atom stereocenters. The van der Waals surface area contributed by atoms with Gasteiger partial charge < -0.3 is 34.1 Å². The number of cyclic esters (lactones) is 1. The monoisotopic (exact) mass is 1110 g/mol. The molecule has 0 saturated carbocycles. The van der Waals surface area contributed by atoms with Crippen molar-refractivity contribution >= 4 is 119 Å². The van der Waals surface area contributed by atoms with Crippen molar-refractivity contribution in [1.82, 2.24) is 49.9 Å². The number of methoxy groups -OCH3 is 1. The van der Waals surface area contributed by atoms with Gasteiger partial charge >= 0.3 is 12.0 Å². The molecule has 17 nitrogen and oxygen atoms in total. The number of hydrazine groups is 1. The largest absolute Gasteiger partial charge is 0.464 e. The Bertz CT molecular complexity index is 2540. The van der Waals surface area contributed by atoms with Gasteiger partial charge in [-0.1, -0.05) is 33.8 Å². The molecule has 0 spiro atoms. The summed E-state index contributed by atoms with van der Waals surface area (Å²) in [7, 11) is 5.20. The number of aryl methyl sites for hydroxylation is 1. The standard InChI is InChI=1S/C49H66N10O7S.5H2S/c1-10-57-39-16-15-31-21-34(39)35(44(57)33-13-11-17-50-42(33)30(4)65-9)23-49(5,6)28-66-47(63)36-14-12-18-59(53-36)46(62)37(22-40-51-38(31)27-67-40)52-45(61)43(29(2)3)55(8)48(64)56-19-20-58-32(25-56)24-54(7)26-41(58)60;;;;;/h11,13,15-17,21,27,29-30,32,36-37,43,53H,10,12,14,18-20,22-26,28H2,1-9H3,(H,52,61);5*1H2/t30-,32-,36-,37-,43-;;;;;/m0...../s1. The number of pyridine rings is 1. The minimum absolute atomic E-state index is 0. The molecule has 400 valence electrons. The van der Waals surface area contributed by atoms with Crippen LogP contribution >= 0.6 is 78.8 Å². The topological polar surface area (TPSA) is 175 Å². The Morgan fingerprint density at radius 1 is 1.04 bits per heavy atom. The van der Waals surface area contributed by atoms with Gasteiger partial charge in [-0.3, -0.25) is 34.1 Å². The van der Waals surface area contributed by atoms with Crippen molar-refractivity contribution in [2.45, 2.75) is 104 Å². The number of ether oxygens (including phenoxy) is 2. The Kier molecular flexibility index (Phi) is 22.8. The fourth-order valence-corrected chi connectivity index (χ4v) is 11.2. The van der Waals surface area contributed by atoms with Gasteiger partial charge in [-0.25, -0.2) is 15.2 Å². The summed E-state index contributed by atoms with van der Waals surface area (Å²) in [6, 6.07) is 7.19. The highest BCUT2D eigenvalue weighted by Crippen LogP contribution is 2.42. The second-order valence-electron chi connectivity index (χ2n) is 19.7. The van der Waals surface area contributed by atoms with Gasteiger partial charge in [0.15, 0.2) is 0 Å². The lowest BCUT2D eigenvalue weighted by atomic mass is 9.84. The van der Waals surface area contributed by atoms with Crippen LogP contribution in [0.25, 0.3) is 33.4 Å². The Morgan fingerprint density at radius 3 is 2.47 bits per heavy atom. The first-order chi connectivity index (χ1) is 32.0. The molecule has 4 aromatic rings. The first kappa shape index (κ1) is 62.6. The Morgan fingerprint density at radius 2 is 1.78 bits per heavy atom. The Labute approximate surface area is 463 Å². The van der Waals surface area contributed by atoms with Crippen LogP contribution in [0.5, 0.6) is 0 Å². The molecule has 0 radical (unpaired) electrons. The highest BCUT2D eigenvalue weighted by atomic mass is 32.1. The SMILES string of the molecule is CCn1c(-c2cccnc2[C@H](C)OC)c2c3cc(ccc31)-c1csc(n1)C[C@H](NC(=O)[C@H](C(C)C)N(C)C(=O)N1CCN3C(=O)CN(C)C[C@H]3C1)C(=O)N1CCC[C@H](N1)C(=O)OCC(C)(C)C2.S.S.S.S.S. The smallest absolute Gasteiger partial charge is 0.324 e. The normalized spacial score (nSPS) is 21.0. The van der Waals surface area contributed by atoms with Crippen LogP contribution in [-0.2, 0) is 48.0 Å². The molecule has 3 fully saturated rings. The number of amides is 5. The molecule has 8 rings (SSSR count). The molecule has 23 heteroatoms. The van der Waals surface area contributed by atoms with Crippen molar-refractivity contribution in [3.05, 3.63) is 58.2 Å². The minimum Gasteiger partial charge on any atom is -0.464 e. The van der Waals surface area contributed by atoms with E-state index in [1.54, 1.807) is 25.3 Å². The van der Waals surface area contributed by atoms with Crippen molar-refractivity contribution in [3.63, 3.8) is 0 Å². The van der Waals surface area contributed by atoms with Crippen LogP contribution < -0.4 is 10.7 Å². The summed E-state index contributed by atoms with van der Waals surface area (Å²) >= 11 is 1.41. The number of hydrogen-bond acceptors (Lipinski definition) is 12. The van der Waals surface area contributed by atoms with Crippen molar-refractivity contribution < 1.29 is 33.4 Å². The van der Waals surface area contributed by atoms with E-state index in [-0.39, 0.29) is 111 Å². The number of nitrogens with zero attached hydrogens (tertiary/aromatic N) is 8. The molecule has 1 aromatic carbocycles. The molecule has 3 aromatic heterocycles. The number of fused-ring (bicyclic) bond motifs is 7. The van der Waals surface area contributed by atoms with Gasteiger partial charge in [0.25, 0.3) is 5.91 Å². The van der Waals surface area contributed by atoms with Gasteiger partial charge in [-0.2, -0.15) is 67.5 Å². The first-order valence-corrected chi connectivity index (χ1v) is 24.5. The van der Waals surface area contributed by atoms with Gasteiger partial charge in [0, 0.05) is 98.9 Å². The number of likely N-dealkylation sites (N-methyl/N-ethyl adjacent to an activating group) is 2. The van der Waals surface area contributed by atoms with Crippen molar-refractivity contribution in [2.75, 3.05) is 67.1 Å². The lowest BCUT2D eigenvalue weighted by Gasteiger charge is -2.47. The second kappa shape index (κ2) is 26.2. The average Bonchev–Trinajstić information content (AvgIpc) is 3.90. The number of aromatic nitrogens is 3. The van der Waals surface area contributed by atoms with Gasteiger partial charge in [0.05, 0.1) is 47.4 Å². The number of benzene rings is 1. The van der Waals surface area contributed by atoms with Gasteiger partial charge in [-0.15, -0.1) is 11.3 Å². The van der Waals surface area contributed by atoms with E-state index in [0.717, 1.165) is 44.7 Å². The third-order valence-electron chi connectivity index (χ3n) is 13.8. The van der Waals surface area contributed by atoms with Crippen molar-refractivity contribution in [2.24, 2.45) is 11.3 Å². The number of esters is 1. The number of nitrogens with one attached hydrogen (secondary N) is 2. The lowest BCUT2D eigenvalue weighted by molar-refractivity contribution is -0.155. The molecule has 3 saturated heterocycles. The van der Waals surface area contributed by atoms with Crippen LogP contribution in [0, 0.1) is 11.3 Å². The number of hydrogen-bond donors (Lipinski definition) is 2. The van der Waals surface area contributed by atoms with Crippen molar-refractivity contribution in [1.29, 1.82) is 0 Å². The van der Waals surface area contributed by atoms with E-state index in [1.807, 2.05) is 49.1 Å². The van der Waals surface area contributed by atoms with Crippen LogP contribution in [0.1, 0.15) is 76.8 Å². The zero-order valence-electron chi connectivity index (χ0n) is 42.8. The maximum atomic E-state index is 14.7. The van der Waals surface area contributed by atoms with Gasteiger partial charge in [0.1, 0.15) is 18.1 Å². The average molecular weight is 1110 g/mol. The fraction of sp³-hybridized carbons (Fsp3) is 0.571. The summed E-state index contributed by atoms with van der Waals surface area (Å²) in [5, 5.41) is 8.15. The highest BCUT2D eigenvalue weighted by Gasteiger charge is 2.42. The molecule has 72 heavy (non-hydrogen) atoms. The predicted octanol–water partition coefficient (Wildman–Crippen LogP) is 5.30. The molecule has 7 heterocycles. The Hall–Kier alpha value is -3.68. The van der Waals surface area contributed by atoms with Crippen LogP contribution in [0.15, 0.2) is 41.9 Å². The van der Waals surface area contributed by atoms with E-state index in [1.165, 1.54) is 21.2 Å². The van der Waals surface area contributed by atoms with E-state index in [0.29, 0.717) is 70.1 Å². The molecule has 4 aliphatic heterocycles. The van der Waals surface area contributed by atoms with Crippen LogP contribution in [-0.4, -0.2) is 160 Å². The second-order valence-corrected chi connectivity index (χ2v) is 20.7. The van der Waals surface area contributed by atoms with E-state index in [4.69, 9.17) is 19.4 Å². The number of rotatable bonds is 8. The number of thiazole rings is 1. The fourth-order valence-electron chi connectivity index (χ4n) is 10.3. The molecule has 2 N–H and O–H groups in total. The zero-order chi connectivity index (χ0) is 47.9. The summed E-state index contributed by atoms with van der Waals surface area (Å²) in [5.41, 5.74) is 9.29. The van der Waals surface area contributed by atoms with Gasteiger partial charge in [0.2, 0.25) is 11.8 Å². The molecular weight excluding hydrogens is 1030 g/mol.